The number of para-hydroxylation sites is 3. The maximum atomic E-state index is 4.68. The number of pyridine rings is 1. The highest BCUT2D eigenvalue weighted by Crippen LogP contribution is 2.42. The van der Waals surface area contributed by atoms with Gasteiger partial charge in [-0.25, -0.2) is 0 Å². The zero-order valence-electron chi connectivity index (χ0n) is 27.1. The van der Waals surface area contributed by atoms with E-state index in [1.165, 1.54) is 87.8 Å². The van der Waals surface area contributed by atoms with Crippen molar-refractivity contribution in [3.8, 4) is 39.2 Å². The molecule has 0 saturated carbocycles. The molecule has 0 saturated heterocycles. The van der Waals surface area contributed by atoms with Crippen molar-refractivity contribution in [3.05, 3.63) is 176 Å². The number of hydrogen-bond acceptors (Lipinski definition) is 1. The first-order valence-corrected chi connectivity index (χ1v) is 17.1. The van der Waals surface area contributed by atoms with E-state index in [9.17, 15) is 0 Å². The lowest BCUT2D eigenvalue weighted by Gasteiger charge is -2.11. The van der Waals surface area contributed by atoms with Crippen LogP contribution in [0.3, 0.4) is 0 Å². The van der Waals surface area contributed by atoms with Gasteiger partial charge in [-0.15, -0.1) is 0 Å². The van der Waals surface area contributed by atoms with Gasteiger partial charge in [0, 0.05) is 49.8 Å². The maximum Gasteiger partial charge on any atom is 0.0702 e. The third-order valence-electron chi connectivity index (χ3n) is 10.5. The summed E-state index contributed by atoms with van der Waals surface area (Å²) in [7, 11) is 0. The molecular formula is C47H29N3. The van der Waals surface area contributed by atoms with Crippen LogP contribution in [-0.2, 0) is 0 Å². The molecule has 3 nitrogen and oxygen atoms in total. The van der Waals surface area contributed by atoms with E-state index in [4.69, 9.17) is 0 Å². The van der Waals surface area contributed by atoms with Crippen molar-refractivity contribution >= 4 is 59.9 Å². The number of benzene rings is 7. The predicted octanol–water partition coefficient (Wildman–Crippen LogP) is 12.3. The summed E-state index contributed by atoms with van der Waals surface area (Å²) in [5, 5.41) is 7.61. The largest absolute Gasteiger partial charge is 0.309 e. The molecule has 232 valence electrons. The number of rotatable bonds is 4. The molecule has 0 radical (unpaired) electrons. The lowest BCUT2D eigenvalue weighted by atomic mass is 9.98. The molecule has 0 atom stereocenters. The van der Waals surface area contributed by atoms with E-state index in [-0.39, 0.29) is 0 Å². The summed E-state index contributed by atoms with van der Waals surface area (Å²) in [6.07, 6.45) is 1.87. The quantitative estimate of drug-likeness (QED) is 0.189. The van der Waals surface area contributed by atoms with Crippen LogP contribution in [0.4, 0.5) is 0 Å². The Labute approximate surface area is 288 Å². The monoisotopic (exact) mass is 635 g/mol. The summed E-state index contributed by atoms with van der Waals surface area (Å²) < 4.78 is 4.84. The topological polar surface area (TPSA) is 22.2 Å². The van der Waals surface area contributed by atoms with Crippen molar-refractivity contribution in [2.24, 2.45) is 0 Å². The van der Waals surface area contributed by atoms with Gasteiger partial charge in [0.2, 0.25) is 0 Å². The second-order valence-electron chi connectivity index (χ2n) is 13.2. The van der Waals surface area contributed by atoms with Gasteiger partial charge in [0.25, 0.3) is 0 Å². The maximum absolute atomic E-state index is 4.68. The van der Waals surface area contributed by atoms with E-state index >= 15 is 0 Å². The number of fused-ring (bicyclic) bond motifs is 9. The molecule has 0 aliphatic rings. The zero-order valence-corrected chi connectivity index (χ0v) is 27.1. The number of aromatic nitrogens is 3. The SMILES string of the molecule is c1ccc(-c2cc3c4ccccc4n4c5cc(-c6ccc(-c7cccc(-n8c9ccccc9c9ccccc98)c7)cc6)ccc5c(c2)c34)nc1. The fourth-order valence-corrected chi connectivity index (χ4v) is 8.24. The van der Waals surface area contributed by atoms with Gasteiger partial charge in [0.15, 0.2) is 0 Å². The predicted molar refractivity (Wildman–Crippen MR) is 210 cm³/mol. The molecule has 0 bridgehead atoms. The van der Waals surface area contributed by atoms with E-state index in [1.54, 1.807) is 0 Å². The highest BCUT2D eigenvalue weighted by atomic mass is 15.0. The van der Waals surface area contributed by atoms with E-state index < -0.39 is 0 Å². The summed E-state index contributed by atoms with van der Waals surface area (Å²) in [6.45, 7) is 0. The number of nitrogens with zero attached hydrogens (tertiary/aromatic N) is 3. The summed E-state index contributed by atoms with van der Waals surface area (Å²) >= 11 is 0. The molecule has 7 aromatic carbocycles. The molecule has 0 aliphatic heterocycles. The molecular weight excluding hydrogens is 607 g/mol. The molecule has 11 rings (SSSR count). The molecule has 11 aromatic rings. The van der Waals surface area contributed by atoms with Crippen LogP contribution < -0.4 is 0 Å². The Hall–Kier alpha value is -6.71. The van der Waals surface area contributed by atoms with Gasteiger partial charge < -0.3 is 8.97 Å². The van der Waals surface area contributed by atoms with Crippen LogP contribution in [0.15, 0.2) is 176 Å². The van der Waals surface area contributed by atoms with Crippen LogP contribution in [-0.4, -0.2) is 14.0 Å². The van der Waals surface area contributed by atoms with Crippen LogP contribution in [0, 0.1) is 0 Å². The fourth-order valence-electron chi connectivity index (χ4n) is 8.24. The molecule has 50 heavy (non-hydrogen) atoms. The van der Waals surface area contributed by atoms with Gasteiger partial charge in [0.1, 0.15) is 0 Å². The Morgan fingerprint density at radius 2 is 0.900 bits per heavy atom. The third kappa shape index (κ3) is 3.89. The first kappa shape index (κ1) is 27.3. The Kier molecular flexibility index (Phi) is 5.67. The second kappa shape index (κ2) is 10.4. The molecule has 0 N–H and O–H groups in total. The molecule has 0 aliphatic carbocycles. The second-order valence-corrected chi connectivity index (χ2v) is 13.2. The zero-order chi connectivity index (χ0) is 32.8. The van der Waals surface area contributed by atoms with Crippen molar-refractivity contribution in [2.75, 3.05) is 0 Å². The molecule has 0 amide bonds. The van der Waals surface area contributed by atoms with E-state index in [1.807, 2.05) is 12.3 Å². The highest BCUT2D eigenvalue weighted by molar-refractivity contribution is 6.24. The van der Waals surface area contributed by atoms with Gasteiger partial charge in [-0.3, -0.25) is 4.98 Å². The van der Waals surface area contributed by atoms with Gasteiger partial charge in [-0.05, 0) is 82.9 Å². The van der Waals surface area contributed by atoms with E-state index in [2.05, 4.69) is 178 Å². The normalized spacial score (nSPS) is 12.0. The standard InChI is InChI=1S/C47H29N3/c1-4-16-43-36(12-1)37-13-2-5-17-44(37)49(43)35-11-9-10-32(26-35)30-19-21-31(22-20-30)33-23-24-39-41-28-34(42-15-7-8-25-48-42)27-40-38-14-3-6-18-45(38)50(47(40)41)46(39)29-33/h1-29H. The van der Waals surface area contributed by atoms with Gasteiger partial charge in [-0.2, -0.15) is 0 Å². The van der Waals surface area contributed by atoms with Crippen molar-refractivity contribution in [2.45, 2.75) is 0 Å². The highest BCUT2D eigenvalue weighted by Gasteiger charge is 2.19. The van der Waals surface area contributed by atoms with Crippen LogP contribution in [0.5, 0.6) is 0 Å². The van der Waals surface area contributed by atoms with Crippen LogP contribution in [0.25, 0.3) is 99.1 Å². The lowest BCUT2D eigenvalue weighted by molar-refractivity contribution is 1.18. The van der Waals surface area contributed by atoms with Crippen LogP contribution in [0.1, 0.15) is 0 Å². The summed E-state index contributed by atoms with van der Waals surface area (Å²) in [5.74, 6) is 0. The molecule has 0 spiro atoms. The Morgan fingerprint density at radius 3 is 1.56 bits per heavy atom. The minimum absolute atomic E-state index is 0.994. The minimum atomic E-state index is 0.994. The number of hydrogen-bond donors (Lipinski definition) is 0. The molecule has 4 aromatic heterocycles. The third-order valence-corrected chi connectivity index (χ3v) is 10.5. The minimum Gasteiger partial charge on any atom is -0.309 e. The van der Waals surface area contributed by atoms with Crippen LogP contribution in [0.2, 0.25) is 0 Å². The van der Waals surface area contributed by atoms with Gasteiger partial charge in [0.05, 0.1) is 33.3 Å². The smallest absolute Gasteiger partial charge is 0.0702 e. The molecule has 4 heterocycles. The average Bonchev–Trinajstić information content (AvgIpc) is 3.83. The molecule has 0 unspecified atom stereocenters. The van der Waals surface area contributed by atoms with Gasteiger partial charge >= 0.3 is 0 Å². The molecule has 3 heteroatoms. The summed E-state index contributed by atoms with van der Waals surface area (Å²) in [5.41, 5.74) is 14.3. The summed E-state index contributed by atoms with van der Waals surface area (Å²) in [4.78, 5) is 4.68. The Bertz CT molecular complexity index is 3020. The molecule has 0 fully saturated rings. The van der Waals surface area contributed by atoms with E-state index in [0.717, 1.165) is 11.3 Å². The van der Waals surface area contributed by atoms with Crippen molar-refractivity contribution in [1.82, 2.24) is 14.0 Å². The van der Waals surface area contributed by atoms with Crippen molar-refractivity contribution in [3.63, 3.8) is 0 Å². The van der Waals surface area contributed by atoms with Crippen LogP contribution >= 0.6 is 0 Å². The Morgan fingerprint density at radius 1 is 0.340 bits per heavy atom. The lowest BCUT2D eigenvalue weighted by Crippen LogP contribution is -1.94. The first-order chi connectivity index (χ1) is 24.8. The van der Waals surface area contributed by atoms with E-state index in [0.29, 0.717) is 0 Å². The van der Waals surface area contributed by atoms with Gasteiger partial charge in [-0.1, -0.05) is 109 Å². The fraction of sp³-hybridized carbons (Fsp3) is 0. The Balaban J connectivity index is 1.02. The first-order valence-electron chi connectivity index (χ1n) is 17.1. The average molecular weight is 636 g/mol. The van der Waals surface area contributed by atoms with Crippen molar-refractivity contribution < 1.29 is 0 Å². The van der Waals surface area contributed by atoms with Crippen molar-refractivity contribution in [1.29, 1.82) is 0 Å². The summed E-state index contributed by atoms with van der Waals surface area (Å²) in [6, 6.07) is 61.7.